The van der Waals surface area contributed by atoms with Gasteiger partial charge in [-0.05, 0) is 26.3 Å². The van der Waals surface area contributed by atoms with Crippen molar-refractivity contribution in [3.05, 3.63) is 64.0 Å². The molecule has 0 saturated heterocycles. The van der Waals surface area contributed by atoms with Crippen molar-refractivity contribution in [2.24, 2.45) is 5.92 Å². The number of allylic oxidation sites excluding steroid dienone is 5. The predicted octanol–water partition coefficient (Wildman–Crippen LogP) is 4.39. The van der Waals surface area contributed by atoms with Crippen LogP contribution in [0.15, 0.2) is 52.9 Å². The molecule has 1 N–H and O–H groups in total. The van der Waals surface area contributed by atoms with E-state index in [1.165, 1.54) is 0 Å². The van der Waals surface area contributed by atoms with Crippen LogP contribution in [0, 0.1) is 35.5 Å². The zero-order valence-electron chi connectivity index (χ0n) is 12.7. The van der Waals surface area contributed by atoms with E-state index >= 15 is 0 Å². The van der Waals surface area contributed by atoms with Crippen LogP contribution in [0.25, 0.3) is 5.03 Å². The lowest BCUT2D eigenvalue weighted by Crippen LogP contribution is -2.23. The summed E-state index contributed by atoms with van der Waals surface area (Å²) in [5.41, 5.74) is 4.54. The first-order chi connectivity index (χ1) is 10.5. The standard InChI is InChI=1S/C18H16ClN3/c1-11-5-4-6-14(7-11)18(19)8-15-16(9-20)12(2)22-13(3)17(15)10-21/h4-8,15,22H,1-3H3/b18-8+. The van der Waals surface area contributed by atoms with Gasteiger partial charge in [0.15, 0.2) is 0 Å². The molecule has 1 aliphatic rings. The van der Waals surface area contributed by atoms with Crippen LogP contribution in [0.2, 0.25) is 0 Å². The molecule has 0 radical (unpaired) electrons. The van der Waals surface area contributed by atoms with Crippen LogP contribution >= 0.6 is 11.6 Å². The molecule has 0 fully saturated rings. The molecule has 0 aromatic heterocycles. The Morgan fingerprint density at radius 2 is 1.73 bits per heavy atom. The molecule has 1 aromatic rings. The van der Waals surface area contributed by atoms with Gasteiger partial charge in [-0.25, -0.2) is 0 Å². The van der Waals surface area contributed by atoms with Gasteiger partial charge in [-0.15, -0.1) is 0 Å². The van der Waals surface area contributed by atoms with Gasteiger partial charge >= 0.3 is 0 Å². The Hall–Kier alpha value is -2.49. The quantitative estimate of drug-likeness (QED) is 0.881. The van der Waals surface area contributed by atoms with Gasteiger partial charge in [-0.2, -0.15) is 10.5 Å². The summed E-state index contributed by atoms with van der Waals surface area (Å²) in [5, 5.41) is 22.4. The summed E-state index contributed by atoms with van der Waals surface area (Å²) in [7, 11) is 0. The molecule has 0 aliphatic carbocycles. The lowest BCUT2D eigenvalue weighted by atomic mass is 9.86. The maximum atomic E-state index is 9.41. The predicted molar refractivity (Wildman–Crippen MR) is 88.3 cm³/mol. The highest BCUT2D eigenvalue weighted by Crippen LogP contribution is 2.33. The number of dihydropyridines is 1. The van der Waals surface area contributed by atoms with Crippen LogP contribution in [0.4, 0.5) is 0 Å². The molecule has 2 rings (SSSR count). The van der Waals surface area contributed by atoms with Gasteiger partial charge in [0.1, 0.15) is 0 Å². The second-order valence-electron chi connectivity index (χ2n) is 5.29. The average Bonchev–Trinajstić information content (AvgIpc) is 2.47. The molecule has 0 spiro atoms. The Morgan fingerprint density at radius 3 is 2.23 bits per heavy atom. The van der Waals surface area contributed by atoms with E-state index < -0.39 is 5.92 Å². The van der Waals surface area contributed by atoms with Crippen molar-refractivity contribution in [3.8, 4) is 12.1 Å². The maximum absolute atomic E-state index is 9.41. The number of hydrogen-bond acceptors (Lipinski definition) is 3. The molecular formula is C18H16ClN3. The zero-order valence-corrected chi connectivity index (χ0v) is 13.5. The Morgan fingerprint density at radius 1 is 1.14 bits per heavy atom. The molecule has 110 valence electrons. The number of benzene rings is 1. The highest BCUT2D eigenvalue weighted by Gasteiger charge is 2.26. The largest absolute Gasteiger partial charge is 0.361 e. The van der Waals surface area contributed by atoms with Gasteiger partial charge in [-0.1, -0.05) is 47.5 Å². The Bertz CT molecular complexity index is 749. The minimum absolute atomic E-state index is 0.413. The smallest absolute Gasteiger partial charge is 0.0975 e. The van der Waals surface area contributed by atoms with Crippen LogP contribution in [-0.4, -0.2) is 0 Å². The highest BCUT2D eigenvalue weighted by molar-refractivity contribution is 6.48. The second-order valence-corrected chi connectivity index (χ2v) is 5.69. The molecule has 3 nitrogen and oxygen atoms in total. The fourth-order valence-electron chi connectivity index (χ4n) is 2.54. The van der Waals surface area contributed by atoms with E-state index in [1.807, 2.05) is 45.0 Å². The highest BCUT2D eigenvalue weighted by atomic mass is 35.5. The van der Waals surface area contributed by atoms with Crippen LogP contribution < -0.4 is 5.32 Å². The van der Waals surface area contributed by atoms with Crippen molar-refractivity contribution in [1.29, 1.82) is 10.5 Å². The van der Waals surface area contributed by atoms with Crippen molar-refractivity contribution in [1.82, 2.24) is 5.32 Å². The SMILES string of the molecule is CC1=C(C#N)C(/C=C(/Cl)c2cccc(C)c2)C(C#N)=C(C)N1. The van der Waals surface area contributed by atoms with E-state index in [0.717, 1.165) is 22.5 Å². The first-order valence-corrected chi connectivity index (χ1v) is 7.28. The summed E-state index contributed by atoms with van der Waals surface area (Å²) in [5.74, 6) is -0.413. The third-order valence-corrected chi connectivity index (χ3v) is 4.00. The number of aryl methyl sites for hydroxylation is 1. The average molecular weight is 310 g/mol. The van der Waals surface area contributed by atoms with E-state index in [0.29, 0.717) is 16.2 Å². The topological polar surface area (TPSA) is 59.6 Å². The Labute approximate surface area is 135 Å². The normalized spacial score (nSPS) is 16.2. The molecule has 4 heteroatoms. The van der Waals surface area contributed by atoms with Crippen molar-refractivity contribution in [2.45, 2.75) is 20.8 Å². The van der Waals surface area contributed by atoms with Gasteiger partial charge in [-0.3, -0.25) is 0 Å². The van der Waals surface area contributed by atoms with Crippen molar-refractivity contribution < 1.29 is 0 Å². The van der Waals surface area contributed by atoms with Gasteiger partial charge in [0.2, 0.25) is 0 Å². The Balaban J connectivity index is 2.52. The molecule has 0 atom stereocenters. The molecule has 22 heavy (non-hydrogen) atoms. The fraction of sp³-hybridized carbons (Fsp3) is 0.222. The summed E-state index contributed by atoms with van der Waals surface area (Å²) >= 11 is 6.43. The molecule has 0 saturated carbocycles. The van der Waals surface area contributed by atoms with Crippen LogP contribution in [-0.2, 0) is 0 Å². The summed E-state index contributed by atoms with van der Waals surface area (Å²) in [6, 6.07) is 12.2. The monoisotopic (exact) mass is 309 g/mol. The van der Waals surface area contributed by atoms with E-state index in [9.17, 15) is 10.5 Å². The minimum Gasteiger partial charge on any atom is -0.361 e. The first-order valence-electron chi connectivity index (χ1n) is 6.91. The minimum atomic E-state index is -0.413. The number of rotatable bonds is 2. The van der Waals surface area contributed by atoms with Crippen molar-refractivity contribution in [3.63, 3.8) is 0 Å². The summed E-state index contributed by atoms with van der Waals surface area (Å²) in [6.45, 7) is 5.66. The molecule has 0 unspecified atom stereocenters. The van der Waals surface area contributed by atoms with E-state index in [4.69, 9.17) is 11.6 Å². The van der Waals surface area contributed by atoms with E-state index in [1.54, 1.807) is 6.08 Å². The second kappa shape index (κ2) is 6.52. The number of halogens is 1. The summed E-state index contributed by atoms with van der Waals surface area (Å²) in [6.07, 6.45) is 1.78. The molecule has 1 aliphatic heterocycles. The first kappa shape index (κ1) is 15.9. The molecule has 0 bridgehead atoms. The van der Waals surface area contributed by atoms with Crippen molar-refractivity contribution in [2.75, 3.05) is 0 Å². The van der Waals surface area contributed by atoms with E-state index in [2.05, 4.69) is 17.5 Å². The van der Waals surface area contributed by atoms with Gasteiger partial charge < -0.3 is 5.32 Å². The molecular weight excluding hydrogens is 294 g/mol. The number of nitrogens with zero attached hydrogens (tertiary/aromatic N) is 2. The van der Waals surface area contributed by atoms with Gasteiger partial charge in [0.25, 0.3) is 0 Å². The molecule has 0 amide bonds. The van der Waals surface area contributed by atoms with Gasteiger partial charge in [0.05, 0.1) is 29.2 Å². The van der Waals surface area contributed by atoms with Gasteiger partial charge in [0, 0.05) is 16.4 Å². The lowest BCUT2D eigenvalue weighted by Gasteiger charge is -2.24. The Kier molecular flexibility index (Phi) is 4.71. The lowest BCUT2D eigenvalue weighted by molar-refractivity contribution is 0.799. The van der Waals surface area contributed by atoms with E-state index in [-0.39, 0.29) is 0 Å². The maximum Gasteiger partial charge on any atom is 0.0975 e. The molecule has 1 heterocycles. The molecule has 1 aromatic carbocycles. The number of nitrogens with one attached hydrogen (secondary N) is 1. The number of nitriles is 2. The third-order valence-electron chi connectivity index (χ3n) is 3.65. The summed E-state index contributed by atoms with van der Waals surface area (Å²) in [4.78, 5) is 0. The van der Waals surface area contributed by atoms with Crippen LogP contribution in [0.5, 0.6) is 0 Å². The van der Waals surface area contributed by atoms with Crippen LogP contribution in [0.3, 0.4) is 0 Å². The fourth-order valence-corrected chi connectivity index (χ4v) is 2.78. The number of hydrogen-bond donors (Lipinski definition) is 1. The van der Waals surface area contributed by atoms with Crippen LogP contribution in [0.1, 0.15) is 25.0 Å². The zero-order chi connectivity index (χ0) is 16.3. The summed E-state index contributed by atoms with van der Waals surface area (Å²) < 4.78 is 0. The van der Waals surface area contributed by atoms with Crippen molar-refractivity contribution >= 4 is 16.6 Å². The third kappa shape index (κ3) is 3.06.